The predicted molar refractivity (Wildman–Crippen MR) is 98.0 cm³/mol. The zero-order valence-corrected chi connectivity index (χ0v) is 13.9. The Balaban J connectivity index is 1.53. The standard InChI is InChI=1S/C18H18N4O4/c19-17(24)21-13-9-7-12(8-10-13)20-16(23)6-3-11-22-14-4-1-2-5-15(14)26-18(22)25/h1-2,4-5,7-10H,3,6,11H2,(H,20,23)(H3,19,21,24). The van der Waals surface area contributed by atoms with Gasteiger partial charge in [0.1, 0.15) is 0 Å². The van der Waals surface area contributed by atoms with E-state index in [0.29, 0.717) is 29.9 Å². The molecule has 2 aromatic carbocycles. The number of hydrogen-bond acceptors (Lipinski definition) is 4. The van der Waals surface area contributed by atoms with Crippen LogP contribution >= 0.6 is 0 Å². The van der Waals surface area contributed by atoms with Crippen LogP contribution in [-0.4, -0.2) is 16.5 Å². The van der Waals surface area contributed by atoms with E-state index in [9.17, 15) is 14.4 Å². The number of fused-ring (bicyclic) bond motifs is 1. The fourth-order valence-electron chi connectivity index (χ4n) is 2.63. The van der Waals surface area contributed by atoms with Gasteiger partial charge in [-0.15, -0.1) is 0 Å². The van der Waals surface area contributed by atoms with Crippen molar-refractivity contribution in [3.05, 3.63) is 59.1 Å². The maximum atomic E-state index is 12.0. The summed E-state index contributed by atoms with van der Waals surface area (Å²) < 4.78 is 6.68. The number of primary amides is 1. The fraction of sp³-hybridized carbons (Fsp3) is 0.167. The van der Waals surface area contributed by atoms with Gasteiger partial charge in [0.25, 0.3) is 0 Å². The molecule has 0 unspecified atom stereocenters. The van der Waals surface area contributed by atoms with Gasteiger partial charge in [-0.3, -0.25) is 9.36 Å². The molecule has 8 nitrogen and oxygen atoms in total. The van der Waals surface area contributed by atoms with Crippen molar-refractivity contribution in [1.82, 2.24) is 4.57 Å². The summed E-state index contributed by atoms with van der Waals surface area (Å²) in [4.78, 5) is 34.7. The van der Waals surface area contributed by atoms with Gasteiger partial charge in [0.15, 0.2) is 5.58 Å². The summed E-state index contributed by atoms with van der Waals surface area (Å²) in [5, 5.41) is 5.20. The lowest BCUT2D eigenvalue weighted by Gasteiger charge is -2.07. The number of nitrogens with one attached hydrogen (secondary N) is 2. The second-order valence-electron chi connectivity index (χ2n) is 5.71. The number of aromatic nitrogens is 1. The Labute approximate surface area is 148 Å². The van der Waals surface area contributed by atoms with Gasteiger partial charge in [-0.05, 0) is 42.8 Å². The van der Waals surface area contributed by atoms with Crippen LogP contribution in [0.25, 0.3) is 11.1 Å². The van der Waals surface area contributed by atoms with E-state index in [1.807, 2.05) is 12.1 Å². The second kappa shape index (κ2) is 7.56. The number of anilines is 2. The van der Waals surface area contributed by atoms with E-state index in [1.54, 1.807) is 36.4 Å². The first kappa shape index (κ1) is 17.3. The van der Waals surface area contributed by atoms with Gasteiger partial charge < -0.3 is 20.8 Å². The molecular formula is C18H18N4O4. The van der Waals surface area contributed by atoms with Gasteiger partial charge >= 0.3 is 11.8 Å². The molecule has 1 aromatic heterocycles. The first-order valence-corrected chi connectivity index (χ1v) is 8.08. The molecule has 0 saturated carbocycles. The molecule has 0 aliphatic heterocycles. The van der Waals surface area contributed by atoms with Crippen molar-refractivity contribution in [2.45, 2.75) is 19.4 Å². The van der Waals surface area contributed by atoms with Crippen molar-refractivity contribution in [1.29, 1.82) is 0 Å². The van der Waals surface area contributed by atoms with Crippen molar-refractivity contribution < 1.29 is 14.0 Å². The molecule has 0 saturated heterocycles. The molecular weight excluding hydrogens is 336 g/mol. The van der Waals surface area contributed by atoms with Gasteiger partial charge in [0.2, 0.25) is 5.91 Å². The number of hydrogen-bond donors (Lipinski definition) is 3. The molecule has 1 heterocycles. The summed E-state index contributed by atoms with van der Waals surface area (Å²) >= 11 is 0. The van der Waals surface area contributed by atoms with Crippen molar-refractivity contribution >= 4 is 34.4 Å². The number of nitrogens with two attached hydrogens (primary N) is 1. The van der Waals surface area contributed by atoms with Crippen molar-refractivity contribution in [3.63, 3.8) is 0 Å². The molecule has 0 bridgehead atoms. The highest BCUT2D eigenvalue weighted by atomic mass is 16.4. The van der Waals surface area contributed by atoms with Crippen LogP contribution < -0.4 is 22.1 Å². The van der Waals surface area contributed by atoms with Gasteiger partial charge in [-0.25, -0.2) is 9.59 Å². The number of oxazole rings is 1. The first-order valence-electron chi connectivity index (χ1n) is 8.08. The largest absolute Gasteiger partial charge is 0.419 e. The maximum Gasteiger partial charge on any atom is 0.419 e. The molecule has 3 aromatic rings. The molecule has 0 radical (unpaired) electrons. The average molecular weight is 354 g/mol. The van der Waals surface area contributed by atoms with Crippen LogP contribution in [0.2, 0.25) is 0 Å². The summed E-state index contributed by atoms with van der Waals surface area (Å²) in [5.74, 6) is -0.592. The van der Waals surface area contributed by atoms with Crippen LogP contribution in [0.1, 0.15) is 12.8 Å². The Hall–Kier alpha value is -3.55. The van der Waals surface area contributed by atoms with E-state index >= 15 is 0 Å². The number of rotatable bonds is 6. The third-order valence-corrected chi connectivity index (χ3v) is 3.80. The van der Waals surface area contributed by atoms with E-state index in [2.05, 4.69) is 10.6 Å². The molecule has 3 rings (SSSR count). The van der Waals surface area contributed by atoms with Crippen LogP contribution in [0, 0.1) is 0 Å². The summed E-state index contributed by atoms with van der Waals surface area (Å²) in [6.07, 6.45) is 0.754. The number of urea groups is 1. The molecule has 4 N–H and O–H groups in total. The molecule has 0 fully saturated rings. The first-order chi connectivity index (χ1) is 12.5. The topological polar surface area (TPSA) is 119 Å². The third kappa shape index (κ3) is 4.10. The normalized spacial score (nSPS) is 10.6. The van der Waals surface area contributed by atoms with Crippen LogP contribution in [-0.2, 0) is 11.3 Å². The minimum Gasteiger partial charge on any atom is -0.408 e. The van der Waals surface area contributed by atoms with Crippen LogP contribution in [0.4, 0.5) is 16.2 Å². The molecule has 8 heteroatoms. The van der Waals surface area contributed by atoms with Gasteiger partial charge in [-0.1, -0.05) is 12.1 Å². The van der Waals surface area contributed by atoms with Crippen molar-refractivity contribution in [3.8, 4) is 0 Å². The highest BCUT2D eigenvalue weighted by Gasteiger charge is 2.09. The number of carbonyl (C=O) groups excluding carboxylic acids is 2. The Morgan fingerprint density at radius 2 is 1.65 bits per heavy atom. The van der Waals surface area contributed by atoms with Crippen LogP contribution in [0.15, 0.2) is 57.7 Å². The molecule has 0 atom stereocenters. The number of aryl methyl sites for hydroxylation is 1. The summed E-state index contributed by atoms with van der Waals surface area (Å²) in [6.45, 7) is 0.394. The Bertz CT molecular complexity index is 988. The van der Waals surface area contributed by atoms with Crippen LogP contribution in [0.5, 0.6) is 0 Å². The van der Waals surface area contributed by atoms with E-state index < -0.39 is 11.8 Å². The van der Waals surface area contributed by atoms with E-state index in [0.717, 1.165) is 5.52 Å². The van der Waals surface area contributed by atoms with Crippen molar-refractivity contribution in [2.24, 2.45) is 5.73 Å². The molecule has 0 aliphatic rings. The number of amides is 3. The molecule has 3 amide bonds. The Kier molecular flexibility index (Phi) is 5.02. The van der Waals surface area contributed by atoms with Crippen LogP contribution in [0.3, 0.4) is 0 Å². The zero-order chi connectivity index (χ0) is 18.5. The minimum atomic E-state index is -0.649. The predicted octanol–water partition coefficient (Wildman–Crippen LogP) is 2.50. The second-order valence-corrected chi connectivity index (χ2v) is 5.71. The van der Waals surface area contributed by atoms with E-state index in [-0.39, 0.29) is 12.3 Å². The lowest BCUT2D eigenvalue weighted by molar-refractivity contribution is -0.116. The van der Waals surface area contributed by atoms with E-state index in [1.165, 1.54) is 4.57 Å². The highest BCUT2D eigenvalue weighted by Crippen LogP contribution is 2.15. The third-order valence-electron chi connectivity index (χ3n) is 3.80. The average Bonchev–Trinajstić information content (AvgIpc) is 2.92. The molecule has 134 valence electrons. The van der Waals surface area contributed by atoms with Gasteiger partial charge in [0.05, 0.1) is 5.52 Å². The van der Waals surface area contributed by atoms with Gasteiger partial charge in [-0.2, -0.15) is 0 Å². The van der Waals surface area contributed by atoms with Crippen molar-refractivity contribution in [2.75, 3.05) is 10.6 Å². The Morgan fingerprint density at radius 3 is 2.35 bits per heavy atom. The minimum absolute atomic E-state index is 0.165. The molecule has 0 spiro atoms. The Morgan fingerprint density at radius 1 is 1.00 bits per heavy atom. The number of carbonyl (C=O) groups is 2. The summed E-state index contributed by atoms with van der Waals surface area (Å²) in [7, 11) is 0. The quantitative estimate of drug-likeness (QED) is 0.630. The van der Waals surface area contributed by atoms with E-state index in [4.69, 9.17) is 10.2 Å². The number of nitrogens with zero attached hydrogens (tertiary/aromatic N) is 1. The monoisotopic (exact) mass is 354 g/mol. The lowest BCUT2D eigenvalue weighted by atomic mass is 10.2. The smallest absolute Gasteiger partial charge is 0.408 e. The highest BCUT2D eigenvalue weighted by molar-refractivity contribution is 5.92. The number of benzene rings is 2. The summed E-state index contributed by atoms with van der Waals surface area (Å²) in [6, 6.07) is 13.1. The maximum absolute atomic E-state index is 12.0. The molecule has 0 aliphatic carbocycles. The summed E-state index contributed by atoms with van der Waals surface area (Å²) in [5.41, 5.74) is 7.44. The lowest BCUT2D eigenvalue weighted by Crippen LogP contribution is -2.19. The van der Waals surface area contributed by atoms with Gasteiger partial charge in [0, 0.05) is 24.3 Å². The fourth-order valence-corrected chi connectivity index (χ4v) is 2.63. The number of para-hydroxylation sites is 2. The zero-order valence-electron chi connectivity index (χ0n) is 13.9. The molecule has 26 heavy (non-hydrogen) atoms. The SMILES string of the molecule is NC(=O)Nc1ccc(NC(=O)CCCn2c(=O)oc3ccccc32)cc1.